The molecule has 0 amide bonds. The van der Waals surface area contributed by atoms with E-state index in [1.54, 1.807) is 14.0 Å². The topological polar surface area (TPSA) is 61.8 Å². The van der Waals surface area contributed by atoms with E-state index in [1.807, 2.05) is 0 Å². The Kier molecular flexibility index (Phi) is 18.0. The Hall–Kier alpha value is -1.10. The normalized spacial score (nSPS) is 9.26. The number of hydrogen-bond acceptors (Lipinski definition) is 5. The summed E-state index contributed by atoms with van der Waals surface area (Å²) in [5.74, 6) is -0.305. The zero-order chi connectivity index (χ0) is 14.9. The monoisotopic (exact) mass is 276 g/mol. The maximum atomic E-state index is 10.6. The van der Waals surface area contributed by atoms with Crippen LogP contribution in [0.4, 0.5) is 0 Å². The molecular formula is C14H28O5. The number of ether oxygens (including phenoxy) is 3. The third kappa shape index (κ3) is 22.5. The van der Waals surface area contributed by atoms with Gasteiger partial charge in [0.2, 0.25) is 0 Å². The summed E-state index contributed by atoms with van der Waals surface area (Å²) in [6, 6.07) is 0. The minimum Gasteiger partial charge on any atom is -0.466 e. The van der Waals surface area contributed by atoms with Crippen LogP contribution in [0.15, 0.2) is 0 Å². The van der Waals surface area contributed by atoms with Crippen LogP contribution in [-0.2, 0) is 23.8 Å². The second kappa shape index (κ2) is 16.9. The molecule has 0 unspecified atom stereocenters. The number of carbonyl (C=O) groups excluding carboxylic acids is 2. The first-order valence-corrected chi connectivity index (χ1v) is 6.86. The van der Waals surface area contributed by atoms with E-state index < -0.39 is 0 Å². The lowest BCUT2D eigenvalue weighted by Gasteiger charge is -2.01. The molecule has 0 rings (SSSR count). The average Bonchev–Trinajstić information content (AvgIpc) is 2.39. The van der Waals surface area contributed by atoms with Crippen LogP contribution in [-0.4, -0.2) is 38.9 Å². The Bertz CT molecular complexity index is 216. The van der Waals surface area contributed by atoms with Gasteiger partial charge in [-0.05, 0) is 19.3 Å². The van der Waals surface area contributed by atoms with Crippen LogP contribution >= 0.6 is 0 Å². The lowest BCUT2D eigenvalue weighted by molar-refractivity contribution is -0.143. The van der Waals surface area contributed by atoms with Crippen molar-refractivity contribution in [2.45, 2.75) is 52.9 Å². The van der Waals surface area contributed by atoms with E-state index >= 15 is 0 Å². The van der Waals surface area contributed by atoms with Gasteiger partial charge in [-0.1, -0.05) is 20.3 Å². The maximum Gasteiger partial charge on any atom is 0.305 e. The summed E-state index contributed by atoms with van der Waals surface area (Å²) >= 11 is 0. The summed E-state index contributed by atoms with van der Waals surface area (Å²) in [6.07, 6.45) is 4.35. The molecule has 114 valence electrons. The van der Waals surface area contributed by atoms with Crippen molar-refractivity contribution in [3.8, 4) is 0 Å². The van der Waals surface area contributed by atoms with Crippen LogP contribution in [0.3, 0.4) is 0 Å². The van der Waals surface area contributed by atoms with E-state index in [0.29, 0.717) is 19.6 Å². The predicted molar refractivity (Wildman–Crippen MR) is 73.9 cm³/mol. The Labute approximate surface area is 116 Å². The van der Waals surface area contributed by atoms with Crippen molar-refractivity contribution in [1.29, 1.82) is 0 Å². The molecule has 0 aliphatic rings. The Morgan fingerprint density at radius 1 is 0.895 bits per heavy atom. The van der Waals surface area contributed by atoms with Crippen molar-refractivity contribution in [3.63, 3.8) is 0 Å². The van der Waals surface area contributed by atoms with Crippen LogP contribution in [0, 0.1) is 0 Å². The quantitative estimate of drug-likeness (QED) is 0.478. The summed E-state index contributed by atoms with van der Waals surface area (Å²) in [7, 11) is 1.66. The lowest BCUT2D eigenvalue weighted by atomic mass is 10.3. The number of methoxy groups -OCH3 is 1. The second-order valence-electron chi connectivity index (χ2n) is 3.97. The predicted octanol–water partition coefficient (Wildman–Crippen LogP) is 2.72. The van der Waals surface area contributed by atoms with Gasteiger partial charge in [0, 0.05) is 27.1 Å². The Balaban J connectivity index is 0. The minimum atomic E-state index is -0.182. The molecule has 0 aromatic carbocycles. The van der Waals surface area contributed by atoms with Crippen LogP contribution < -0.4 is 0 Å². The summed E-state index contributed by atoms with van der Waals surface area (Å²) in [6.45, 7) is 7.11. The van der Waals surface area contributed by atoms with E-state index in [9.17, 15) is 9.59 Å². The van der Waals surface area contributed by atoms with Gasteiger partial charge in [-0.15, -0.1) is 0 Å². The largest absolute Gasteiger partial charge is 0.466 e. The molecule has 5 heteroatoms. The number of rotatable bonds is 9. The standard InChI is InChI=1S/C8H16O3.C6H12O2/c1-3-8(9)11-7-5-4-6-10-2;1-3-4-5-8-6(2)7/h3-7H2,1-2H3;3-5H2,1-2H3. The van der Waals surface area contributed by atoms with Gasteiger partial charge in [0.15, 0.2) is 0 Å². The Morgan fingerprint density at radius 2 is 1.47 bits per heavy atom. The molecule has 5 nitrogen and oxygen atoms in total. The van der Waals surface area contributed by atoms with Gasteiger partial charge in [-0.3, -0.25) is 9.59 Å². The van der Waals surface area contributed by atoms with Gasteiger partial charge in [0.1, 0.15) is 0 Å². The van der Waals surface area contributed by atoms with Crippen molar-refractivity contribution in [1.82, 2.24) is 0 Å². The minimum absolute atomic E-state index is 0.123. The highest BCUT2D eigenvalue weighted by atomic mass is 16.5. The summed E-state index contributed by atoms with van der Waals surface area (Å²) in [5.41, 5.74) is 0. The van der Waals surface area contributed by atoms with E-state index in [1.165, 1.54) is 6.92 Å². The highest BCUT2D eigenvalue weighted by Gasteiger charge is 1.96. The van der Waals surface area contributed by atoms with Gasteiger partial charge in [0.05, 0.1) is 13.2 Å². The third-order valence-corrected chi connectivity index (χ3v) is 2.10. The van der Waals surface area contributed by atoms with Gasteiger partial charge in [-0.2, -0.15) is 0 Å². The van der Waals surface area contributed by atoms with E-state index in [4.69, 9.17) is 9.47 Å². The molecule has 0 aliphatic heterocycles. The van der Waals surface area contributed by atoms with E-state index in [-0.39, 0.29) is 11.9 Å². The van der Waals surface area contributed by atoms with Gasteiger partial charge < -0.3 is 14.2 Å². The summed E-state index contributed by atoms with van der Waals surface area (Å²) in [5, 5.41) is 0. The fraction of sp³-hybridized carbons (Fsp3) is 0.857. The molecule has 0 spiro atoms. The fourth-order valence-corrected chi connectivity index (χ4v) is 0.997. The van der Waals surface area contributed by atoms with Crippen molar-refractivity contribution in [2.24, 2.45) is 0 Å². The first kappa shape index (κ1) is 20.2. The van der Waals surface area contributed by atoms with Crippen molar-refractivity contribution < 1.29 is 23.8 Å². The molecule has 0 aliphatic carbocycles. The van der Waals surface area contributed by atoms with Crippen LogP contribution in [0.5, 0.6) is 0 Å². The lowest BCUT2D eigenvalue weighted by Crippen LogP contribution is -2.04. The van der Waals surface area contributed by atoms with Crippen molar-refractivity contribution in [2.75, 3.05) is 26.9 Å². The van der Waals surface area contributed by atoms with E-state index in [0.717, 1.165) is 32.3 Å². The molecule has 0 fully saturated rings. The van der Waals surface area contributed by atoms with Gasteiger partial charge >= 0.3 is 11.9 Å². The second-order valence-corrected chi connectivity index (χ2v) is 3.97. The molecule has 0 saturated carbocycles. The van der Waals surface area contributed by atoms with Gasteiger partial charge in [-0.25, -0.2) is 0 Å². The van der Waals surface area contributed by atoms with Crippen molar-refractivity contribution >= 4 is 11.9 Å². The molecule has 0 heterocycles. The SMILES string of the molecule is CCC(=O)OCCCCOC.CCCCOC(C)=O. The average molecular weight is 276 g/mol. The zero-order valence-electron chi connectivity index (χ0n) is 12.7. The number of unbranched alkanes of at least 4 members (excludes halogenated alkanes) is 2. The number of esters is 2. The third-order valence-electron chi connectivity index (χ3n) is 2.10. The smallest absolute Gasteiger partial charge is 0.305 e. The van der Waals surface area contributed by atoms with E-state index in [2.05, 4.69) is 11.7 Å². The fourth-order valence-electron chi connectivity index (χ4n) is 0.997. The summed E-state index contributed by atoms with van der Waals surface area (Å²) in [4.78, 5) is 20.7. The molecule has 0 aromatic rings. The maximum absolute atomic E-state index is 10.6. The van der Waals surface area contributed by atoms with Crippen LogP contribution in [0.2, 0.25) is 0 Å². The highest BCUT2D eigenvalue weighted by Crippen LogP contribution is 1.92. The molecule has 0 bridgehead atoms. The molecule has 0 aromatic heterocycles. The molecule has 0 N–H and O–H groups in total. The summed E-state index contributed by atoms with van der Waals surface area (Å²) < 4.78 is 14.3. The van der Waals surface area contributed by atoms with Gasteiger partial charge in [0.25, 0.3) is 0 Å². The Morgan fingerprint density at radius 3 is 1.95 bits per heavy atom. The first-order chi connectivity index (χ1) is 9.08. The molecule has 0 saturated heterocycles. The first-order valence-electron chi connectivity index (χ1n) is 6.86. The molecule has 0 radical (unpaired) electrons. The highest BCUT2D eigenvalue weighted by molar-refractivity contribution is 5.68. The number of carbonyl (C=O) groups is 2. The number of hydrogen-bond donors (Lipinski definition) is 0. The zero-order valence-corrected chi connectivity index (χ0v) is 12.7. The van der Waals surface area contributed by atoms with Crippen LogP contribution in [0.1, 0.15) is 52.9 Å². The molecule has 0 atom stereocenters. The van der Waals surface area contributed by atoms with Crippen LogP contribution in [0.25, 0.3) is 0 Å². The molecular weight excluding hydrogens is 248 g/mol. The van der Waals surface area contributed by atoms with Crippen molar-refractivity contribution in [3.05, 3.63) is 0 Å². The molecule has 19 heavy (non-hydrogen) atoms.